The third-order valence-electron chi connectivity index (χ3n) is 1.16. The molecule has 0 atom stereocenters. The van der Waals surface area contributed by atoms with Crippen molar-refractivity contribution in [2.75, 3.05) is 7.11 Å². The molecule has 0 aliphatic rings. The Bertz CT molecular complexity index is 277. The van der Waals surface area contributed by atoms with Crippen molar-refractivity contribution in [2.24, 2.45) is 0 Å². The summed E-state index contributed by atoms with van der Waals surface area (Å²) in [5, 5.41) is 0.641. The largest absolute Gasteiger partial charge is 0.466 e. The molecular weight excluding hydrogens is 211 g/mol. The monoisotopic (exact) mass is 220 g/mol. The van der Waals surface area contributed by atoms with Crippen molar-refractivity contribution in [3.8, 4) is 0 Å². The van der Waals surface area contributed by atoms with Crippen LogP contribution >= 0.6 is 23.2 Å². The molecular formula is C9H10Cl2O2. The van der Waals surface area contributed by atoms with E-state index in [1.807, 2.05) is 0 Å². The van der Waals surface area contributed by atoms with E-state index in [9.17, 15) is 4.79 Å². The maximum atomic E-state index is 10.9. The second-order valence-corrected chi connectivity index (χ2v) is 3.22. The summed E-state index contributed by atoms with van der Waals surface area (Å²) in [6.07, 6.45) is 2.90. The first-order valence-electron chi connectivity index (χ1n) is 3.45. The van der Waals surface area contributed by atoms with Gasteiger partial charge in [0, 0.05) is 15.6 Å². The van der Waals surface area contributed by atoms with E-state index in [2.05, 4.69) is 11.3 Å². The molecule has 2 nitrogen and oxygen atoms in total. The van der Waals surface area contributed by atoms with E-state index in [1.165, 1.54) is 19.3 Å². The first-order chi connectivity index (χ1) is 5.97. The fourth-order valence-corrected chi connectivity index (χ4v) is 1.09. The Hall–Kier alpha value is -0.730. The molecule has 0 unspecified atom stereocenters. The number of allylic oxidation sites excluding steroid dienone is 4. The number of esters is 1. The van der Waals surface area contributed by atoms with Crippen LogP contribution in [0, 0.1) is 0 Å². The van der Waals surface area contributed by atoms with Crippen LogP contribution in [-0.2, 0) is 9.53 Å². The Kier molecular flexibility index (Phi) is 5.51. The van der Waals surface area contributed by atoms with Gasteiger partial charge in [0.15, 0.2) is 0 Å². The molecule has 0 aromatic carbocycles. The topological polar surface area (TPSA) is 26.3 Å². The molecule has 0 aliphatic heterocycles. The van der Waals surface area contributed by atoms with E-state index in [-0.39, 0.29) is 0 Å². The van der Waals surface area contributed by atoms with E-state index in [0.717, 1.165) is 0 Å². The van der Waals surface area contributed by atoms with Gasteiger partial charge in [0.2, 0.25) is 0 Å². The minimum atomic E-state index is -0.424. The minimum Gasteiger partial charge on any atom is -0.466 e. The number of rotatable bonds is 3. The first-order valence-corrected chi connectivity index (χ1v) is 4.21. The summed E-state index contributed by atoms with van der Waals surface area (Å²) in [4.78, 5) is 10.9. The number of methoxy groups -OCH3 is 1. The highest BCUT2D eigenvalue weighted by atomic mass is 35.5. The van der Waals surface area contributed by atoms with E-state index < -0.39 is 5.97 Å². The fourth-order valence-electron chi connectivity index (χ4n) is 0.618. The lowest BCUT2D eigenvalue weighted by Crippen LogP contribution is -2.01. The van der Waals surface area contributed by atoms with Crippen LogP contribution in [0.4, 0.5) is 0 Å². The molecule has 0 N–H and O–H groups in total. The average Bonchev–Trinajstić information content (AvgIpc) is 2.01. The lowest BCUT2D eigenvalue weighted by atomic mass is 10.3. The summed E-state index contributed by atoms with van der Waals surface area (Å²) < 4.78 is 4.47. The van der Waals surface area contributed by atoms with Gasteiger partial charge in [-0.15, -0.1) is 0 Å². The van der Waals surface area contributed by atoms with Gasteiger partial charge in [-0.25, -0.2) is 4.79 Å². The maximum absolute atomic E-state index is 10.9. The van der Waals surface area contributed by atoms with E-state index in [0.29, 0.717) is 15.6 Å². The molecule has 0 amide bonds. The zero-order chi connectivity index (χ0) is 10.4. The zero-order valence-electron chi connectivity index (χ0n) is 7.43. The summed E-state index contributed by atoms with van der Waals surface area (Å²) in [6, 6.07) is 0. The van der Waals surface area contributed by atoms with Crippen LogP contribution in [0.25, 0.3) is 0 Å². The van der Waals surface area contributed by atoms with Crippen molar-refractivity contribution >= 4 is 29.2 Å². The summed E-state index contributed by atoms with van der Waals surface area (Å²) in [5.41, 5.74) is 0.404. The SMILES string of the molecule is C=C(Cl)C=C(Cl)C=C(C)C(=O)OC. The van der Waals surface area contributed by atoms with Gasteiger partial charge in [-0.2, -0.15) is 0 Å². The lowest BCUT2D eigenvalue weighted by molar-refractivity contribution is -0.136. The molecule has 4 heteroatoms. The van der Waals surface area contributed by atoms with Crippen molar-refractivity contribution in [3.05, 3.63) is 34.4 Å². The van der Waals surface area contributed by atoms with Crippen LogP contribution < -0.4 is 0 Å². The van der Waals surface area contributed by atoms with Crippen molar-refractivity contribution in [1.82, 2.24) is 0 Å². The third kappa shape index (κ3) is 5.50. The predicted molar refractivity (Wildman–Crippen MR) is 54.7 cm³/mol. The highest BCUT2D eigenvalue weighted by molar-refractivity contribution is 6.35. The van der Waals surface area contributed by atoms with Crippen LogP contribution in [0.15, 0.2) is 34.4 Å². The summed E-state index contributed by atoms with van der Waals surface area (Å²) in [5.74, 6) is -0.424. The molecule has 0 aliphatic carbocycles. The second kappa shape index (κ2) is 5.84. The quantitative estimate of drug-likeness (QED) is 0.416. The predicted octanol–water partition coefficient (Wildman–Crippen LogP) is 2.98. The highest BCUT2D eigenvalue weighted by Gasteiger charge is 2.02. The van der Waals surface area contributed by atoms with Crippen molar-refractivity contribution in [3.63, 3.8) is 0 Å². The van der Waals surface area contributed by atoms with Crippen LogP contribution in [0.3, 0.4) is 0 Å². The van der Waals surface area contributed by atoms with E-state index in [1.54, 1.807) is 6.92 Å². The number of carbonyl (C=O) groups is 1. The zero-order valence-corrected chi connectivity index (χ0v) is 8.95. The molecule has 0 aromatic rings. The van der Waals surface area contributed by atoms with Crippen molar-refractivity contribution in [1.29, 1.82) is 0 Å². The number of ether oxygens (including phenoxy) is 1. The number of carbonyl (C=O) groups excluding carboxylic acids is 1. The van der Waals surface area contributed by atoms with Crippen LogP contribution in [0.5, 0.6) is 0 Å². The fraction of sp³-hybridized carbons (Fsp3) is 0.222. The molecule has 0 aromatic heterocycles. The molecule has 13 heavy (non-hydrogen) atoms. The molecule has 0 radical (unpaired) electrons. The van der Waals surface area contributed by atoms with E-state index >= 15 is 0 Å². The Morgan fingerprint density at radius 1 is 1.38 bits per heavy atom. The van der Waals surface area contributed by atoms with Crippen LogP contribution in [0.2, 0.25) is 0 Å². The normalized spacial score (nSPS) is 12.6. The number of hydrogen-bond donors (Lipinski definition) is 0. The van der Waals surface area contributed by atoms with Gasteiger partial charge in [-0.3, -0.25) is 0 Å². The van der Waals surface area contributed by atoms with Gasteiger partial charge >= 0.3 is 5.97 Å². The van der Waals surface area contributed by atoms with E-state index in [4.69, 9.17) is 23.2 Å². The molecule has 0 spiro atoms. The molecule has 0 rings (SSSR count). The van der Waals surface area contributed by atoms with Gasteiger partial charge < -0.3 is 4.74 Å². The Labute approximate surface area is 87.5 Å². The maximum Gasteiger partial charge on any atom is 0.333 e. The molecule has 0 bridgehead atoms. The molecule has 72 valence electrons. The molecule has 0 fully saturated rings. The minimum absolute atomic E-state index is 0.305. The lowest BCUT2D eigenvalue weighted by Gasteiger charge is -1.97. The van der Waals surface area contributed by atoms with Gasteiger partial charge in [0.1, 0.15) is 0 Å². The Morgan fingerprint density at radius 3 is 2.31 bits per heavy atom. The third-order valence-corrected chi connectivity index (χ3v) is 1.48. The Morgan fingerprint density at radius 2 is 1.92 bits per heavy atom. The second-order valence-electron chi connectivity index (χ2n) is 2.30. The van der Waals surface area contributed by atoms with Gasteiger partial charge in [0.05, 0.1) is 7.11 Å². The molecule has 0 heterocycles. The standard InChI is InChI=1S/C9H10Cl2O2/c1-6(9(12)13-3)4-8(11)5-7(2)10/h4-5H,2H2,1,3H3. The number of halogens is 2. The smallest absolute Gasteiger partial charge is 0.333 e. The first kappa shape index (κ1) is 12.3. The van der Waals surface area contributed by atoms with Crippen molar-refractivity contribution < 1.29 is 9.53 Å². The molecule has 0 saturated heterocycles. The van der Waals surface area contributed by atoms with Crippen molar-refractivity contribution in [2.45, 2.75) is 6.92 Å². The molecule has 0 saturated carbocycles. The summed E-state index contributed by atoms with van der Waals surface area (Å²) >= 11 is 11.2. The van der Waals surface area contributed by atoms with Gasteiger partial charge in [-0.1, -0.05) is 29.8 Å². The highest BCUT2D eigenvalue weighted by Crippen LogP contribution is 2.12. The number of hydrogen-bond acceptors (Lipinski definition) is 2. The Balaban J connectivity index is 4.56. The van der Waals surface area contributed by atoms with Gasteiger partial charge in [0.25, 0.3) is 0 Å². The summed E-state index contributed by atoms with van der Waals surface area (Å²) in [6.45, 7) is 5.02. The summed E-state index contributed by atoms with van der Waals surface area (Å²) in [7, 11) is 1.30. The van der Waals surface area contributed by atoms with Crippen LogP contribution in [0.1, 0.15) is 6.92 Å². The van der Waals surface area contributed by atoms with Gasteiger partial charge in [-0.05, 0) is 19.1 Å². The van der Waals surface area contributed by atoms with Crippen LogP contribution in [-0.4, -0.2) is 13.1 Å². The average molecular weight is 221 g/mol.